The van der Waals surface area contributed by atoms with Crippen molar-refractivity contribution in [2.75, 3.05) is 24.7 Å². The first-order valence-electron chi connectivity index (χ1n) is 8.39. The molecule has 9 heteroatoms. The maximum Gasteiger partial charge on any atom is 0.365 e. The Morgan fingerprint density at radius 3 is 2.77 bits per heavy atom. The Morgan fingerprint density at radius 1 is 1.35 bits per heavy atom. The minimum absolute atomic E-state index is 0.216. The number of methoxy groups -OCH3 is 1. The molecule has 0 aliphatic rings. The van der Waals surface area contributed by atoms with Crippen molar-refractivity contribution in [2.45, 2.75) is 33.1 Å². The molecule has 26 heavy (non-hydrogen) atoms. The summed E-state index contributed by atoms with van der Waals surface area (Å²) >= 11 is 0. The van der Waals surface area contributed by atoms with Gasteiger partial charge in [-0.15, -0.1) is 0 Å². The molecule has 0 fully saturated rings. The molecule has 1 heterocycles. The highest BCUT2D eigenvalue weighted by Gasteiger charge is 2.15. The first-order chi connectivity index (χ1) is 12.4. The van der Waals surface area contributed by atoms with E-state index in [9.17, 15) is 4.57 Å². The molecule has 0 saturated heterocycles. The van der Waals surface area contributed by atoms with Crippen LogP contribution in [0.2, 0.25) is 0 Å². The van der Waals surface area contributed by atoms with E-state index in [2.05, 4.69) is 22.2 Å². The molecule has 0 saturated carbocycles. The summed E-state index contributed by atoms with van der Waals surface area (Å²) in [6.45, 7) is 4.77. The lowest BCUT2D eigenvalue weighted by molar-refractivity contribution is 0.402. The Kier molecular flexibility index (Phi) is 7.24. The number of rotatable bonds is 9. The largest absolute Gasteiger partial charge is 0.496 e. The van der Waals surface area contributed by atoms with Gasteiger partial charge >= 0.3 is 8.25 Å². The molecule has 0 spiro atoms. The average molecular weight is 380 g/mol. The maximum atomic E-state index is 11.0. The number of nitrogens with two attached hydrogens (primary N) is 1. The highest BCUT2D eigenvalue weighted by atomic mass is 31.1. The quantitative estimate of drug-likeness (QED) is 0.449. The maximum absolute atomic E-state index is 11.0. The van der Waals surface area contributed by atoms with E-state index >= 15 is 0 Å². The molecule has 0 aliphatic carbocycles. The number of hydrogen-bond acceptors (Lipinski definition) is 7. The smallest absolute Gasteiger partial charge is 0.365 e. The lowest BCUT2D eigenvalue weighted by Crippen LogP contribution is -2.11. The summed E-state index contributed by atoms with van der Waals surface area (Å²) in [7, 11) is -1.51. The van der Waals surface area contributed by atoms with Crippen LogP contribution in [0.15, 0.2) is 18.2 Å². The van der Waals surface area contributed by atoms with Crippen LogP contribution in [0.3, 0.4) is 0 Å². The second kappa shape index (κ2) is 9.40. The van der Waals surface area contributed by atoms with Crippen molar-refractivity contribution in [1.29, 1.82) is 0 Å². The summed E-state index contributed by atoms with van der Waals surface area (Å²) in [6, 6.07) is 4.98. The number of nitrogens with zero attached hydrogens (tertiary/aromatic N) is 2. The summed E-state index contributed by atoms with van der Waals surface area (Å²) in [5, 5.41) is 3.31. The van der Waals surface area contributed by atoms with Crippen LogP contribution in [0.1, 0.15) is 36.6 Å². The minimum atomic E-state index is -3.08. The molecular weight excluding hydrogens is 355 g/mol. The Hall–Kier alpha value is -2.31. The third-order valence-electron chi connectivity index (χ3n) is 3.88. The molecule has 1 aromatic carbocycles. The Balaban J connectivity index is 2.38. The normalized spacial score (nSPS) is 11.8. The van der Waals surface area contributed by atoms with E-state index in [0.717, 1.165) is 36.2 Å². The van der Waals surface area contributed by atoms with Crippen LogP contribution in [0.25, 0.3) is 0 Å². The van der Waals surface area contributed by atoms with Crippen molar-refractivity contribution in [3.63, 3.8) is 0 Å². The number of ether oxygens (including phenoxy) is 1. The van der Waals surface area contributed by atoms with Gasteiger partial charge in [-0.1, -0.05) is 13.3 Å². The number of nitrogen functional groups attached to an aromatic ring is 1. The van der Waals surface area contributed by atoms with Gasteiger partial charge in [0.2, 0.25) is 5.95 Å². The first-order valence-corrected chi connectivity index (χ1v) is 9.65. The molecule has 8 nitrogen and oxygen atoms in total. The Labute approximate surface area is 153 Å². The van der Waals surface area contributed by atoms with Crippen LogP contribution in [-0.2, 0) is 11.0 Å². The van der Waals surface area contributed by atoms with Gasteiger partial charge in [-0.3, -0.25) is 0 Å². The van der Waals surface area contributed by atoms with Crippen molar-refractivity contribution in [3.8, 4) is 11.5 Å². The molecular formula is C17H25N4O4P. The van der Waals surface area contributed by atoms with E-state index < -0.39 is 8.25 Å². The molecule has 1 aromatic heterocycles. The summed E-state index contributed by atoms with van der Waals surface area (Å²) in [5.74, 6) is 1.85. The molecule has 4 N–H and O–H groups in total. The van der Waals surface area contributed by atoms with Crippen molar-refractivity contribution < 1.29 is 18.7 Å². The Morgan fingerprint density at radius 2 is 2.12 bits per heavy atom. The zero-order chi connectivity index (χ0) is 19.1. The zero-order valence-electron chi connectivity index (χ0n) is 15.2. The van der Waals surface area contributed by atoms with E-state index in [0.29, 0.717) is 23.7 Å². The molecule has 0 radical (unpaired) electrons. The summed E-state index contributed by atoms with van der Waals surface area (Å²) < 4.78 is 21.3. The highest BCUT2D eigenvalue weighted by Crippen LogP contribution is 2.32. The fourth-order valence-corrected chi connectivity index (χ4v) is 2.94. The topological polar surface area (TPSA) is 120 Å². The second-order valence-corrected chi connectivity index (χ2v) is 6.53. The summed E-state index contributed by atoms with van der Waals surface area (Å²) in [4.78, 5) is 17.6. The van der Waals surface area contributed by atoms with E-state index in [1.807, 2.05) is 6.92 Å². The van der Waals surface area contributed by atoms with Crippen LogP contribution in [0.5, 0.6) is 11.5 Å². The number of nitrogens with one attached hydrogen (secondary N) is 1. The fourth-order valence-electron chi connectivity index (χ4n) is 2.61. The monoisotopic (exact) mass is 380 g/mol. The molecule has 142 valence electrons. The van der Waals surface area contributed by atoms with Crippen molar-refractivity contribution >= 4 is 20.0 Å². The molecule has 0 bridgehead atoms. The standard InChI is InChI=1S/C17H25N4O4P/c1-4-5-8-19-16-14(11(2)20-17(18)21-16)10-12-9-13(25-26(22)23)6-7-15(12)24-3/h6-7,9,26H,4-5,8,10H2,1-3H3,(H,22,23)(H3,18,19,20,21). The lowest BCUT2D eigenvalue weighted by Gasteiger charge is -2.16. The van der Waals surface area contributed by atoms with Crippen LogP contribution < -0.4 is 20.3 Å². The van der Waals surface area contributed by atoms with E-state index in [1.165, 1.54) is 0 Å². The molecule has 0 amide bonds. The number of hydrogen-bond donors (Lipinski definition) is 3. The predicted octanol–water partition coefficient (Wildman–Crippen LogP) is 2.94. The van der Waals surface area contributed by atoms with Crippen LogP contribution in [0, 0.1) is 6.92 Å². The molecule has 2 aromatic rings. The van der Waals surface area contributed by atoms with Crippen molar-refractivity contribution in [2.24, 2.45) is 0 Å². The van der Waals surface area contributed by atoms with Crippen molar-refractivity contribution in [3.05, 3.63) is 35.0 Å². The zero-order valence-corrected chi connectivity index (χ0v) is 16.2. The molecule has 2 rings (SSSR count). The second-order valence-electron chi connectivity index (χ2n) is 5.79. The van der Waals surface area contributed by atoms with Gasteiger partial charge in [0.25, 0.3) is 0 Å². The van der Waals surface area contributed by atoms with Gasteiger partial charge < -0.3 is 25.2 Å². The predicted molar refractivity (Wildman–Crippen MR) is 102 cm³/mol. The van der Waals surface area contributed by atoms with Gasteiger partial charge in [-0.05, 0) is 31.5 Å². The lowest BCUT2D eigenvalue weighted by atomic mass is 10.0. The van der Waals surface area contributed by atoms with Gasteiger partial charge in [0.15, 0.2) is 0 Å². The highest BCUT2D eigenvalue weighted by molar-refractivity contribution is 7.32. The van der Waals surface area contributed by atoms with Crippen LogP contribution in [-0.4, -0.2) is 28.5 Å². The number of aryl methyl sites for hydroxylation is 1. The fraction of sp³-hybridized carbons (Fsp3) is 0.412. The molecule has 0 aliphatic heterocycles. The number of unbranched alkanes of at least 4 members (excludes halogenated alkanes) is 1. The van der Waals surface area contributed by atoms with Crippen molar-refractivity contribution in [1.82, 2.24) is 9.97 Å². The van der Waals surface area contributed by atoms with Gasteiger partial charge in [-0.2, -0.15) is 4.98 Å². The number of benzene rings is 1. The molecule has 1 atom stereocenters. The average Bonchev–Trinajstić information content (AvgIpc) is 2.57. The molecule has 1 unspecified atom stereocenters. The third kappa shape index (κ3) is 5.34. The van der Waals surface area contributed by atoms with Gasteiger partial charge in [-0.25, -0.2) is 9.55 Å². The SMILES string of the molecule is CCCCNc1nc(N)nc(C)c1Cc1cc(O[PH](=O)O)ccc1OC. The van der Waals surface area contributed by atoms with Crippen LogP contribution >= 0.6 is 8.25 Å². The van der Waals surface area contributed by atoms with E-state index in [-0.39, 0.29) is 5.95 Å². The first kappa shape index (κ1) is 20.0. The number of aromatic nitrogens is 2. The number of anilines is 2. The minimum Gasteiger partial charge on any atom is -0.496 e. The summed E-state index contributed by atoms with van der Waals surface area (Å²) in [5.41, 5.74) is 8.25. The van der Waals surface area contributed by atoms with Gasteiger partial charge in [0, 0.05) is 29.8 Å². The van der Waals surface area contributed by atoms with E-state index in [1.54, 1.807) is 25.3 Å². The van der Waals surface area contributed by atoms with Gasteiger partial charge in [0.05, 0.1) is 7.11 Å². The summed E-state index contributed by atoms with van der Waals surface area (Å²) in [6.07, 6.45) is 2.54. The van der Waals surface area contributed by atoms with Gasteiger partial charge in [0.1, 0.15) is 17.3 Å². The van der Waals surface area contributed by atoms with Crippen LogP contribution in [0.4, 0.5) is 11.8 Å². The van der Waals surface area contributed by atoms with E-state index in [4.69, 9.17) is 19.9 Å². The Bertz CT molecular complexity index is 786. The third-order valence-corrected chi connectivity index (χ3v) is 4.29.